The van der Waals surface area contributed by atoms with E-state index in [4.69, 9.17) is 30.1 Å². The maximum Gasteiger partial charge on any atom is 0.249 e. The molecule has 2 aliphatic carbocycles. The highest BCUT2D eigenvalue weighted by Crippen LogP contribution is 2.51. The van der Waals surface area contributed by atoms with Crippen LogP contribution in [0.2, 0.25) is 0 Å². The van der Waals surface area contributed by atoms with Crippen LogP contribution in [0.4, 0.5) is 26.0 Å². The SMILES string of the molecule is CC(C)(C)n1nc(-c2noc(C3CC3)c2-c2ncc(OC3CC4(C3)CN(C(=O)CN3CCC(CN5CCN(c6c(F)cc(NC7CCC(=O)NC7=O)cc6F)CC5)CC3)C4)cn2)c2c(N)ncnc21. The number of likely N-dealkylation sites (tertiary alicyclic amines) is 2. The molecule has 364 valence electrons. The summed E-state index contributed by atoms with van der Waals surface area (Å²) in [6.07, 6.45) is 11.0. The number of rotatable bonds is 12. The molecular formula is C48H58F2N14O5. The lowest BCUT2D eigenvalue weighted by atomic mass is 9.61. The van der Waals surface area contributed by atoms with Crippen molar-refractivity contribution in [2.45, 2.75) is 95.7 Å². The van der Waals surface area contributed by atoms with E-state index in [0.717, 1.165) is 77.0 Å². The van der Waals surface area contributed by atoms with E-state index in [1.165, 1.54) is 18.5 Å². The molecule has 19 nitrogen and oxygen atoms in total. The molecule has 1 aromatic carbocycles. The number of fused-ring (bicyclic) bond motifs is 1. The maximum absolute atomic E-state index is 15.3. The zero-order valence-electron chi connectivity index (χ0n) is 39.2. The fourth-order valence-electron chi connectivity index (χ4n) is 10.9. The van der Waals surface area contributed by atoms with Crippen LogP contribution >= 0.6 is 0 Å². The number of carbonyl (C=O) groups excluding carboxylic acids is 3. The van der Waals surface area contributed by atoms with Crippen molar-refractivity contribution in [3.8, 4) is 28.5 Å². The summed E-state index contributed by atoms with van der Waals surface area (Å²) in [6.45, 7) is 13.1. The molecule has 3 amide bonds. The van der Waals surface area contributed by atoms with Gasteiger partial charge in [0.25, 0.3) is 0 Å². The van der Waals surface area contributed by atoms with Crippen LogP contribution < -0.4 is 26.0 Å². The normalized spacial score (nSPS) is 21.7. The van der Waals surface area contributed by atoms with Gasteiger partial charge in [-0.2, -0.15) is 5.10 Å². The predicted molar refractivity (Wildman–Crippen MR) is 250 cm³/mol. The van der Waals surface area contributed by atoms with Gasteiger partial charge in [-0.1, -0.05) is 5.16 Å². The van der Waals surface area contributed by atoms with Crippen molar-refractivity contribution in [2.75, 3.05) is 81.4 Å². The van der Waals surface area contributed by atoms with Crippen molar-refractivity contribution in [2.24, 2.45) is 11.3 Å². The van der Waals surface area contributed by atoms with Gasteiger partial charge in [0, 0.05) is 69.3 Å². The molecule has 4 saturated heterocycles. The van der Waals surface area contributed by atoms with Crippen LogP contribution in [0.25, 0.3) is 33.8 Å². The molecule has 8 heterocycles. The molecule has 6 aliphatic rings. The number of ether oxygens (including phenoxy) is 1. The molecule has 1 spiro atoms. The van der Waals surface area contributed by atoms with Crippen LogP contribution in [-0.4, -0.2) is 145 Å². The second-order valence-electron chi connectivity index (χ2n) is 21.0. The molecule has 0 bridgehead atoms. The number of aromatic nitrogens is 7. The van der Waals surface area contributed by atoms with Gasteiger partial charge in [0.05, 0.1) is 35.4 Å². The Labute approximate surface area is 397 Å². The third kappa shape index (κ3) is 8.94. The Morgan fingerprint density at radius 1 is 0.928 bits per heavy atom. The highest BCUT2D eigenvalue weighted by Gasteiger charge is 2.55. The minimum Gasteiger partial charge on any atom is -0.487 e. The summed E-state index contributed by atoms with van der Waals surface area (Å²) < 4.78 is 44.7. The fraction of sp³-hybridized carbons (Fsp3) is 0.562. The summed E-state index contributed by atoms with van der Waals surface area (Å²) >= 11 is 0. The molecule has 11 rings (SSSR count). The fourth-order valence-corrected chi connectivity index (χ4v) is 10.9. The predicted octanol–water partition coefficient (Wildman–Crippen LogP) is 4.55. The Balaban J connectivity index is 0.618. The molecule has 4 aromatic heterocycles. The first-order valence-corrected chi connectivity index (χ1v) is 24.2. The van der Waals surface area contributed by atoms with E-state index in [9.17, 15) is 14.4 Å². The van der Waals surface area contributed by atoms with E-state index in [2.05, 4.69) is 35.6 Å². The standard InChI is InChI=1S/C48H58F2N14O5/c1-47(2,3)64-45-38(43(51)54-26-55-45)39(58-64)40-37(42(69-59-40)28-4-5-28)44-52-20-31(21-53-44)68-30-18-48(19-30)24-63(25-48)36(66)23-60-10-8-27(9-11-60)22-61-12-14-62(15-13-61)41-32(49)16-29(17-33(41)50)56-34-6-7-35(65)57-46(34)67/h16-17,20-21,26-28,30,34,56H,4-15,18-19,22-25H2,1-3H3,(H2,51,54,55)(H,57,65,67). The van der Waals surface area contributed by atoms with Crippen LogP contribution in [0.1, 0.15) is 83.8 Å². The van der Waals surface area contributed by atoms with E-state index < -0.39 is 23.6 Å². The van der Waals surface area contributed by atoms with E-state index >= 15 is 8.78 Å². The number of nitrogen functional groups attached to an aromatic ring is 1. The first-order valence-electron chi connectivity index (χ1n) is 24.2. The number of nitrogens with one attached hydrogen (secondary N) is 2. The molecule has 2 saturated carbocycles. The van der Waals surface area contributed by atoms with Crippen molar-refractivity contribution in [1.82, 2.24) is 54.9 Å². The summed E-state index contributed by atoms with van der Waals surface area (Å²) in [7, 11) is 0. The van der Waals surface area contributed by atoms with Crippen LogP contribution in [-0.2, 0) is 19.9 Å². The summed E-state index contributed by atoms with van der Waals surface area (Å²) in [5, 5.41) is 15.2. The van der Waals surface area contributed by atoms with Crippen LogP contribution in [0.5, 0.6) is 5.75 Å². The third-order valence-corrected chi connectivity index (χ3v) is 14.8. The number of nitrogens with zero attached hydrogens (tertiary/aromatic N) is 11. The Kier molecular flexibility index (Phi) is 11.5. The topological polar surface area (TPSA) is 219 Å². The van der Waals surface area contributed by atoms with Crippen LogP contribution in [0.3, 0.4) is 0 Å². The van der Waals surface area contributed by atoms with Gasteiger partial charge < -0.3 is 30.1 Å². The average molecular weight is 949 g/mol. The second-order valence-corrected chi connectivity index (χ2v) is 21.0. The highest BCUT2D eigenvalue weighted by molar-refractivity contribution is 6.02. The minimum atomic E-state index is -0.725. The zero-order chi connectivity index (χ0) is 47.8. The lowest BCUT2D eigenvalue weighted by Gasteiger charge is -2.58. The van der Waals surface area contributed by atoms with Crippen LogP contribution in [0.15, 0.2) is 35.4 Å². The number of piperazine rings is 1. The summed E-state index contributed by atoms with van der Waals surface area (Å²) in [4.78, 5) is 63.6. The third-order valence-electron chi connectivity index (χ3n) is 14.8. The second kappa shape index (κ2) is 17.6. The Bertz CT molecular complexity index is 2750. The monoisotopic (exact) mass is 948 g/mol. The largest absolute Gasteiger partial charge is 0.487 e. The number of amides is 3. The smallest absolute Gasteiger partial charge is 0.249 e. The number of nitrogens with two attached hydrogens (primary N) is 1. The van der Waals surface area contributed by atoms with Gasteiger partial charge in [-0.3, -0.25) is 29.5 Å². The number of halogens is 2. The minimum absolute atomic E-state index is 0.0209. The first kappa shape index (κ1) is 45.1. The molecule has 4 N–H and O–H groups in total. The quantitative estimate of drug-likeness (QED) is 0.146. The van der Waals surface area contributed by atoms with Crippen LogP contribution in [0, 0.1) is 23.0 Å². The molecular weight excluding hydrogens is 891 g/mol. The van der Waals surface area contributed by atoms with Gasteiger partial charge in [0.15, 0.2) is 34.6 Å². The number of hydrogen-bond donors (Lipinski definition) is 3. The van der Waals surface area contributed by atoms with Crippen molar-refractivity contribution < 1.29 is 32.4 Å². The first-order chi connectivity index (χ1) is 33.2. The van der Waals surface area contributed by atoms with Crippen molar-refractivity contribution in [3.63, 3.8) is 0 Å². The number of imide groups is 1. The van der Waals surface area contributed by atoms with Crippen molar-refractivity contribution in [3.05, 3.63) is 48.2 Å². The molecule has 1 atom stereocenters. The molecule has 1 unspecified atom stereocenters. The Morgan fingerprint density at radius 2 is 1.64 bits per heavy atom. The van der Waals surface area contributed by atoms with E-state index in [1.54, 1.807) is 17.3 Å². The lowest BCUT2D eigenvalue weighted by Crippen LogP contribution is -2.66. The van der Waals surface area contributed by atoms with Gasteiger partial charge in [0.2, 0.25) is 17.7 Å². The Morgan fingerprint density at radius 3 is 2.30 bits per heavy atom. The zero-order valence-corrected chi connectivity index (χ0v) is 39.2. The number of carbonyl (C=O) groups is 3. The van der Waals surface area contributed by atoms with Gasteiger partial charge in [0.1, 0.15) is 41.4 Å². The molecule has 5 aromatic rings. The average Bonchev–Trinajstić information content (AvgIpc) is 3.90. The summed E-state index contributed by atoms with van der Waals surface area (Å²) in [5.41, 5.74) is 8.55. The molecule has 4 aliphatic heterocycles. The van der Waals surface area contributed by atoms with E-state index in [0.29, 0.717) is 84.0 Å². The lowest BCUT2D eigenvalue weighted by molar-refractivity contribution is -0.161. The molecule has 21 heteroatoms. The number of anilines is 3. The molecule has 69 heavy (non-hydrogen) atoms. The van der Waals surface area contributed by atoms with Gasteiger partial charge in [-0.15, -0.1) is 0 Å². The maximum atomic E-state index is 15.3. The van der Waals surface area contributed by atoms with Gasteiger partial charge >= 0.3 is 0 Å². The summed E-state index contributed by atoms with van der Waals surface area (Å²) in [6, 6.07) is 1.70. The van der Waals surface area contributed by atoms with Crippen molar-refractivity contribution in [1.29, 1.82) is 0 Å². The van der Waals surface area contributed by atoms with Gasteiger partial charge in [-0.05, 0) is 96.9 Å². The highest BCUT2D eigenvalue weighted by atomic mass is 19.1. The van der Waals surface area contributed by atoms with E-state index in [1.807, 2.05) is 30.4 Å². The number of benzene rings is 1. The van der Waals surface area contributed by atoms with E-state index in [-0.39, 0.29) is 59.0 Å². The number of piperidine rings is 2. The van der Waals surface area contributed by atoms with Crippen molar-refractivity contribution >= 4 is 45.9 Å². The number of hydrogen-bond acceptors (Lipinski definition) is 16. The summed E-state index contributed by atoms with van der Waals surface area (Å²) in [5.74, 6) is 0.764. The van der Waals surface area contributed by atoms with Gasteiger partial charge in [-0.25, -0.2) is 33.4 Å². The molecule has 0 radical (unpaired) electrons. The molecule has 6 fully saturated rings. The Hall–Kier alpha value is -6.35.